The molecule has 0 saturated heterocycles. The van der Waals surface area contributed by atoms with Gasteiger partial charge in [0, 0.05) is 29.3 Å². The van der Waals surface area contributed by atoms with Crippen LogP contribution in [0.2, 0.25) is 0 Å². The van der Waals surface area contributed by atoms with Gasteiger partial charge < -0.3 is 9.52 Å². The lowest BCUT2D eigenvalue weighted by Gasteiger charge is -2.16. The molecule has 6 nitrogen and oxygen atoms in total. The van der Waals surface area contributed by atoms with Crippen LogP contribution >= 0.6 is 11.8 Å². The van der Waals surface area contributed by atoms with Crippen molar-refractivity contribution >= 4 is 33.6 Å². The molecular formula is C21H18N2O4S. The monoisotopic (exact) mass is 394 g/mol. The first-order valence-electron chi connectivity index (χ1n) is 8.84. The largest absolute Gasteiger partial charge is 0.508 e. The minimum atomic E-state index is -0.485. The third-order valence-corrected chi connectivity index (χ3v) is 5.46. The standard InChI is InChI=1S/C21H18N2O4S/c1-12(2)23-20(26)16-5-3-4-6-17(16)22-21(23)28-11-13-9-19(25)27-18-10-14(24)7-8-15(13)18/h3-10,12,24H,11H2,1-2H3. The zero-order chi connectivity index (χ0) is 19.8. The van der Waals surface area contributed by atoms with Crippen LogP contribution in [0.15, 0.2) is 67.7 Å². The van der Waals surface area contributed by atoms with Gasteiger partial charge in [-0.15, -0.1) is 0 Å². The van der Waals surface area contributed by atoms with Crippen molar-refractivity contribution in [2.75, 3.05) is 0 Å². The van der Waals surface area contributed by atoms with E-state index in [1.807, 2.05) is 32.0 Å². The highest BCUT2D eigenvalue weighted by Crippen LogP contribution is 2.28. The van der Waals surface area contributed by atoms with Crippen molar-refractivity contribution in [3.05, 3.63) is 74.9 Å². The molecule has 2 heterocycles. The average molecular weight is 394 g/mol. The van der Waals surface area contributed by atoms with E-state index in [-0.39, 0.29) is 17.4 Å². The van der Waals surface area contributed by atoms with Crippen molar-refractivity contribution in [1.29, 1.82) is 0 Å². The lowest BCUT2D eigenvalue weighted by molar-refractivity contribution is 0.473. The van der Waals surface area contributed by atoms with E-state index < -0.39 is 5.63 Å². The molecule has 4 rings (SSSR count). The predicted octanol–water partition coefficient (Wildman–Crippen LogP) is 4.08. The lowest BCUT2D eigenvalue weighted by atomic mass is 10.1. The van der Waals surface area contributed by atoms with E-state index in [2.05, 4.69) is 4.98 Å². The molecular weight excluding hydrogens is 376 g/mol. The fraction of sp³-hybridized carbons (Fsp3) is 0.190. The third-order valence-electron chi connectivity index (χ3n) is 4.46. The van der Waals surface area contributed by atoms with Crippen molar-refractivity contribution < 1.29 is 9.52 Å². The Labute approximate surface area is 164 Å². The topological polar surface area (TPSA) is 85.3 Å². The van der Waals surface area contributed by atoms with Crippen LogP contribution in [0, 0.1) is 0 Å². The number of phenols is 1. The number of para-hydroxylation sites is 1. The molecule has 0 unspecified atom stereocenters. The number of phenolic OH excluding ortho intramolecular Hbond substituents is 1. The van der Waals surface area contributed by atoms with Crippen LogP contribution in [0.3, 0.4) is 0 Å². The molecule has 2 aromatic heterocycles. The second kappa shape index (κ2) is 7.16. The number of thioether (sulfide) groups is 1. The van der Waals surface area contributed by atoms with Gasteiger partial charge in [-0.05, 0) is 43.7 Å². The van der Waals surface area contributed by atoms with Crippen molar-refractivity contribution in [2.45, 2.75) is 30.8 Å². The molecule has 0 amide bonds. The predicted molar refractivity (Wildman–Crippen MR) is 110 cm³/mol. The summed E-state index contributed by atoms with van der Waals surface area (Å²) in [5.74, 6) is 0.468. The normalized spacial score (nSPS) is 11.5. The number of fused-ring (bicyclic) bond motifs is 2. The van der Waals surface area contributed by atoms with Crippen LogP contribution in [0.1, 0.15) is 25.5 Å². The van der Waals surface area contributed by atoms with Crippen LogP contribution in [0.5, 0.6) is 5.75 Å². The number of nitrogens with zero attached hydrogens (tertiary/aromatic N) is 2. The quantitative estimate of drug-likeness (QED) is 0.319. The zero-order valence-corrected chi connectivity index (χ0v) is 16.2. The first kappa shape index (κ1) is 18.3. The Kier molecular flexibility index (Phi) is 4.68. The Bertz CT molecular complexity index is 1310. The lowest BCUT2D eigenvalue weighted by Crippen LogP contribution is -2.25. The molecule has 0 bridgehead atoms. The van der Waals surface area contributed by atoms with Crippen molar-refractivity contribution in [3.63, 3.8) is 0 Å². The highest BCUT2D eigenvalue weighted by Gasteiger charge is 2.15. The van der Waals surface area contributed by atoms with Crippen LogP contribution in [-0.2, 0) is 5.75 Å². The first-order chi connectivity index (χ1) is 13.4. The minimum Gasteiger partial charge on any atom is -0.508 e. The number of rotatable bonds is 4. The van der Waals surface area contributed by atoms with Gasteiger partial charge in [-0.1, -0.05) is 23.9 Å². The number of aromatic nitrogens is 2. The third kappa shape index (κ3) is 3.29. The van der Waals surface area contributed by atoms with Gasteiger partial charge in [0.25, 0.3) is 5.56 Å². The van der Waals surface area contributed by atoms with E-state index >= 15 is 0 Å². The molecule has 0 aliphatic heterocycles. The summed E-state index contributed by atoms with van der Waals surface area (Å²) < 4.78 is 6.85. The summed E-state index contributed by atoms with van der Waals surface area (Å²) in [5, 5.41) is 11.6. The van der Waals surface area contributed by atoms with E-state index in [1.54, 1.807) is 22.8 Å². The maximum absolute atomic E-state index is 12.9. The van der Waals surface area contributed by atoms with Gasteiger partial charge in [-0.3, -0.25) is 9.36 Å². The molecule has 0 saturated carbocycles. The molecule has 0 radical (unpaired) electrons. The molecule has 1 N–H and O–H groups in total. The van der Waals surface area contributed by atoms with Crippen molar-refractivity contribution in [2.24, 2.45) is 0 Å². The molecule has 0 fully saturated rings. The molecule has 142 valence electrons. The van der Waals surface area contributed by atoms with Gasteiger partial charge in [-0.25, -0.2) is 9.78 Å². The zero-order valence-electron chi connectivity index (χ0n) is 15.4. The summed E-state index contributed by atoms with van der Waals surface area (Å²) in [6.07, 6.45) is 0. The Balaban J connectivity index is 1.80. The summed E-state index contributed by atoms with van der Waals surface area (Å²) in [6.45, 7) is 3.88. The van der Waals surface area contributed by atoms with E-state index in [4.69, 9.17) is 4.42 Å². The average Bonchev–Trinajstić information content (AvgIpc) is 2.65. The fourth-order valence-electron chi connectivity index (χ4n) is 3.16. The second-order valence-corrected chi connectivity index (χ2v) is 7.68. The number of hydrogen-bond acceptors (Lipinski definition) is 6. The molecule has 2 aromatic carbocycles. The van der Waals surface area contributed by atoms with Crippen molar-refractivity contribution in [3.8, 4) is 5.75 Å². The van der Waals surface area contributed by atoms with Crippen LogP contribution in [0.4, 0.5) is 0 Å². The highest BCUT2D eigenvalue weighted by atomic mass is 32.2. The first-order valence-corrected chi connectivity index (χ1v) is 9.82. The Morgan fingerprint density at radius 1 is 1.11 bits per heavy atom. The van der Waals surface area contributed by atoms with E-state index in [9.17, 15) is 14.7 Å². The molecule has 4 aromatic rings. The van der Waals surface area contributed by atoms with Gasteiger partial charge in [0.2, 0.25) is 0 Å². The van der Waals surface area contributed by atoms with E-state index in [1.165, 1.54) is 23.9 Å². The maximum Gasteiger partial charge on any atom is 0.336 e. The maximum atomic E-state index is 12.9. The molecule has 0 spiro atoms. The minimum absolute atomic E-state index is 0.0327. The Morgan fingerprint density at radius 3 is 2.68 bits per heavy atom. The number of aromatic hydroxyl groups is 1. The summed E-state index contributed by atoms with van der Waals surface area (Å²) >= 11 is 1.39. The molecule has 0 aliphatic carbocycles. The van der Waals surface area contributed by atoms with E-state index in [0.717, 1.165) is 10.9 Å². The summed E-state index contributed by atoms with van der Waals surface area (Å²) in [4.78, 5) is 29.5. The number of hydrogen-bond donors (Lipinski definition) is 1. The Hall–Kier alpha value is -3.06. The smallest absolute Gasteiger partial charge is 0.336 e. The summed E-state index contributed by atoms with van der Waals surface area (Å²) in [6, 6.07) is 13.3. The van der Waals surface area contributed by atoms with Gasteiger partial charge in [0.1, 0.15) is 11.3 Å². The highest BCUT2D eigenvalue weighted by molar-refractivity contribution is 7.98. The van der Waals surface area contributed by atoms with Gasteiger partial charge >= 0.3 is 5.63 Å². The SMILES string of the molecule is CC(C)n1c(SCc2cc(=O)oc3cc(O)ccc23)nc2ccccc2c1=O. The van der Waals surface area contributed by atoms with Gasteiger partial charge in [-0.2, -0.15) is 0 Å². The molecule has 0 aliphatic rings. The molecule has 7 heteroatoms. The van der Waals surface area contributed by atoms with Crippen LogP contribution in [0.25, 0.3) is 21.9 Å². The summed E-state index contributed by atoms with van der Waals surface area (Å²) in [5.41, 5.74) is 1.17. The van der Waals surface area contributed by atoms with Crippen LogP contribution in [-0.4, -0.2) is 14.7 Å². The van der Waals surface area contributed by atoms with Crippen LogP contribution < -0.4 is 11.2 Å². The van der Waals surface area contributed by atoms with Gasteiger partial charge in [0.15, 0.2) is 5.16 Å². The number of benzene rings is 2. The molecule has 0 atom stereocenters. The van der Waals surface area contributed by atoms with E-state index in [0.29, 0.717) is 27.4 Å². The summed E-state index contributed by atoms with van der Waals surface area (Å²) in [7, 11) is 0. The Morgan fingerprint density at radius 2 is 1.89 bits per heavy atom. The second-order valence-electron chi connectivity index (χ2n) is 6.74. The fourth-order valence-corrected chi connectivity index (χ4v) is 4.28. The van der Waals surface area contributed by atoms with Gasteiger partial charge in [0.05, 0.1) is 10.9 Å². The molecule has 28 heavy (non-hydrogen) atoms. The van der Waals surface area contributed by atoms with Crippen molar-refractivity contribution in [1.82, 2.24) is 9.55 Å².